The highest BCUT2D eigenvalue weighted by Crippen LogP contribution is 2.25. The number of nitrogens with zero attached hydrogens (tertiary/aromatic N) is 3. The standard InChI is InChI=1S/C14H16F4N4/c15-12(16)14(17,18)9-21-5-7-22(8-6-21)13-19-10-3-1-2-4-11(10)20-13/h1-4,12H,5-9H2,(H,19,20). The van der Waals surface area contributed by atoms with Gasteiger partial charge < -0.3 is 9.88 Å². The number of benzene rings is 1. The van der Waals surface area contributed by atoms with Crippen LogP contribution in [0.3, 0.4) is 0 Å². The number of aromatic nitrogens is 2. The number of aromatic amines is 1. The van der Waals surface area contributed by atoms with Gasteiger partial charge in [0.15, 0.2) is 0 Å². The molecule has 2 heterocycles. The van der Waals surface area contributed by atoms with Gasteiger partial charge in [-0.2, -0.15) is 8.78 Å². The quantitative estimate of drug-likeness (QED) is 0.881. The Kier molecular flexibility index (Phi) is 3.94. The summed E-state index contributed by atoms with van der Waals surface area (Å²) in [6.07, 6.45) is -3.62. The van der Waals surface area contributed by atoms with Gasteiger partial charge in [0.05, 0.1) is 17.6 Å². The Morgan fingerprint density at radius 2 is 1.82 bits per heavy atom. The Morgan fingerprint density at radius 3 is 2.45 bits per heavy atom. The molecule has 0 saturated carbocycles. The molecule has 22 heavy (non-hydrogen) atoms. The largest absolute Gasteiger partial charge is 0.340 e. The van der Waals surface area contributed by atoms with Crippen LogP contribution in [0.15, 0.2) is 24.3 Å². The van der Waals surface area contributed by atoms with E-state index in [1.165, 1.54) is 4.90 Å². The molecule has 3 rings (SSSR count). The number of rotatable bonds is 4. The molecule has 1 aliphatic heterocycles. The molecule has 0 unspecified atom stereocenters. The second kappa shape index (κ2) is 5.75. The van der Waals surface area contributed by atoms with Gasteiger partial charge in [-0.25, -0.2) is 13.8 Å². The molecule has 1 aliphatic rings. The number of piperazine rings is 1. The predicted molar refractivity (Wildman–Crippen MR) is 75.7 cm³/mol. The van der Waals surface area contributed by atoms with Crippen molar-refractivity contribution >= 4 is 17.0 Å². The van der Waals surface area contributed by atoms with Crippen LogP contribution in [0.4, 0.5) is 23.5 Å². The van der Waals surface area contributed by atoms with E-state index < -0.39 is 18.9 Å². The maximum Gasteiger partial charge on any atom is 0.319 e. The van der Waals surface area contributed by atoms with Crippen molar-refractivity contribution in [2.75, 3.05) is 37.6 Å². The van der Waals surface area contributed by atoms with Gasteiger partial charge in [0, 0.05) is 26.2 Å². The molecule has 1 saturated heterocycles. The smallest absolute Gasteiger partial charge is 0.319 e. The van der Waals surface area contributed by atoms with E-state index in [1.54, 1.807) is 0 Å². The molecule has 8 heteroatoms. The summed E-state index contributed by atoms with van der Waals surface area (Å²) in [5.41, 5.74) is 1.74. The monoisotopic (exact) mass is 316 g/mol. The Bertz CT molecular complexity index is 602. The van der Waals surface area contributed by atoms with Crippen LogP contribution in [0.25, 0.3) is 11.0 Å². The van der Waals surface area contributed by atoms with Crippen LogP contribution in [0.2, 0.25) is 0 Å². The van der Waals surface area contributed by atoms with Gasteiger partial charge >= 0.3 is 12.3 Å². The minimum Gasteiger partial charge on any atom is -0.340 e. The molecule has 4 nitrogen and oxygen atoms in total. The zero-order valence-corrected chi connectivity index (χ0v) is 11.8. The normalized spacial score (nSPS) is 17.6. The topological polar surface area (TPSA) is 35.2 Å². The van der Waals surface area contributed by atoms with Crippen LogP contribution in [-0.2, 0) is 0 Å². The molecule has 2 aromatic rings. The SMILES string of the molecule is FC(F)C(F)(F)CN1CCN(c2nc3ccccc3[nH]2)CC1. The van der Waals surface area contributed by atoms with Crippen LogP contribution in [-0.4, -0.2) is 59.9 Å². The molecule has 1 fully saturated rings. The van der Waals surface area contributed by atoms with E-state index in [0.29, 0.717) is 32.1 Å². The highest BCUT2D eigenvalue weighted by molar-refractivity contribution is 5.77. The lowest BCUT2D eigenvalue weighted by Crippen LogP contribution is -2.51. The number of hydrogen-bond acceptors (Lipinski definition) is 3. The average molecular weight is 316 g/mol. The van der Waals surface area contributed by atoms with Gasteiger partial charge in [-0.3, -0.25) is 4.90 Å². The minimum absolute atomic E-state index is 0.305. The molecule has 1 N–H and O–H groups in total. The van der Waals surface area contributed by atoms with Gasteiger partial charge in [0.2, 0.25) is 5.95 Å². The number of imidazole rings is 1. The van der Waals surface area contributed by atoms with Crippen molar-refractivity contribution in [3.05, 3.63) is 24.3 Å². The zero-order valence-electron chi connectivity index (χ0n) is 11.8. The van der Waals surface area contributed by atoms with E-state index in [-0.39, 0.29) is 0 Å². The first-order valence-electron chi connectivity index (χ1n) is 7.04. The van der Waals surface area contributed by atoms with Crippen LogP contribution < -0.4 is 4.90 Å². The first-order chi connectivity index (χ1) is 10.5. The summed E-state index contributed by atoms with van der Waals surface area (Å²) < 4.78 is 50.6. The van der Waals surface area contributed by atoms with Crippen molar-refractivity contribution < 1.29 is 17.6 Å². The third kappa shape index (κ3) is 3.01. The number of para-hydroxylation sites is 2. The van der Waals surface area contributed by atoms with E-state index in [2.05, 4.69) is 9.97 Å². The lowest BCUT2D eigenvalue weighted by molar-refractivity contribution is -0.142. The summed E-state index contributed by atoms with van der Waals surface area (Å²) in [6, 6.07) is 7.58. The lowest BCUT2D eigenvalue weighted by atomic mass is 10.2. The second-order valence-electron chi connectivity index (χ2n) is 5.40. The van der Waals surface area contributed by atoms with Crippen molar-refractivity contribution in [1.29, 1.82) is 0 Å². The molecule has 120 valence electrons. The summed E-state index contributed by atoms with van der Waals surface area (Å²) in [7, 11) is 0. The van der Waals surface area contributed by atoms with Crippen molar-refractivity contribution in [1.82, 2.24) is 14.9 Å². The van der Waals surface area contributed by atoms with E-state index in [0.717, 1.165) is 11.0 Å². The van der Waals surface area contributed by atoms with Crippen molar-refractivity contribution in [3.8, 4) is 0 Å². The fourth-order valence-corrected chi connectivity index (χ4v) is 2.57. The third-order valence-corrected chi connectivity index (χ3v) is 3.80. The van der Waals surface area contributed by atoms with E-state index in [4.69, 9.17) is 0 Å². The van der Waals surface area contributed by atoms with Gasteiger partial charge in [-0.05, 0) is 12.1 Å². The highest BCUT2D eigenvalue weighted by Gasteiger charge is 2.42. The molecular weight excluding hydrogens is 300 g/mol. The number of hydrogen-bond donors (Lipinski definition) is 1. The Morgan fingerprint density at radius 1 is 1.14 bits per heavy atom. The number of alkyl halides is 4. The fraction of sp³-hybridized carbons (Fsp3) is 0.500. The Labute approximate surface area is 124 Å². The maximum atomic E-state index is 13.1. The van der Waals surface area contributed by atoms with E-state index in [1.807, 2.05) is 29.2 Å². The van der Waals surface area contributed by atoms with Crippen molar-refractivity contribution in [2.45, 2.75) is 12.3 Å². The number of anilines is 1. The van der Waals surface area contributed by atoms with Gasteiger partial charge in [0.25, 0.3) is 0 Å². The first-order valence-corrected chi connectivity index (χ1v) is 7.04. The van der Waals surface area contributed by atoms with Crippen LogP contribution in [0.5, 0.6) is 0 Å². The van der Waals surface area contributed by atoms with Crippen LogP contribution in [0, 0.1) is 0 Å². The average Bonchev–Trinajstić information content (AvgIpc) is 2.91. The van der Waals surface area contributed by atoms with Gasteiger partial charge in [0.1, 0.15) is 0 Å². The lowest BCUT2D eigenvalue weighted by Gasteiger charge is -2.35. The summed E-state index contributed by atoms with van der Waals surface area (Å²) >= 11 is 0. The first kappa shape index (κ1) is 15.1. The van der Waals surface area contributed by atoms with E-state index >= 15 is 0 Å². The summed E-state index contributed by atoms with van der Waals surface area (Å²) in [5, 5.41) is 0. The molecule has 0 bridgehead atoms. The highest BCUT2D eigenvalue weighted by atomic mass is 19.3. The molecule has 0 amide bonds. The molecule has 1 aromatic carbocycles. The van der Waals surface area contributed by atoms with Crippen molar-refractivity contribution in [2.24, 2.45) is 0 Å². The molecule has 1 aromatic heterocycles. The van der Waals surface area contributed by atoms with E-state index in [9.17, 15) is 17.6 Å². The van der Waals surface area contributed by atoms with Crippen molar-refractivity contribution in [3.63, 3.8) is 0 Å². The molecule has 0 atom stereocenters. The second-order valence-corrected chi connectivity index (χ2v) is 5.40. The minimum atomic E-state index is -3.96. The number of H-pyrrole nitrogens is 1. The number of halogens is 4. The zero-order chi connectivity index (χ0) is 15.7. The summed E-state index contributed by atoms with van der Waals surface area (Å²) in [5.74, 6) is -3.27. The molecule has 0 spiro atoms. The number of fused-ring (bicyclic) bond motifs is 1. The molecule has 0 aliphatic carbocycles. The fourth-order valence-electron chi connectivity index (χ4n) is 2.57. The van der Waals surface area contributed by atoms with Crippen LogP contribution >= 0.6 is 0 Å². The van der Waals surface area contributed by atoms with Gasteiger partial charge in [-0.1, -0.05) is 12.1 Å². The third-order valence-electron chi connectivity index (χ3n) is 3.80. The summed E-state index contributed by atoms with van der Waals surface area (Å²) in [4.78, 5) is 10.9. The Balaban J connectivity index is 1.62. The summed E-state index contributed by atoms with van der Waals surface area (Å²) in [6.45, 7) is 0.648. The van der Waals surface area contributed by atoms with Crippen LogP contribution in [0.1, 0.15) is 0 Å². The molecular formula is C14H16F4N4. The Hall–Kier alpha value is -1.83. The maximum absolute atomic E-state index is 13.1. The van der Waals surface area contributed by atoms with Gasteiger partial charge in [-0.15, -0.1) is 0 Å². The molecule has 0 radical (unpaired) electrons. The number of nitrogens with one attached hydrogen (secondary N) is 1. The predicted octanol–water partition coefficient (Wildman–Crippen LogP) is 2.59.